The summed E-state index contributed by atoms with van der Waals surface area (Å²) in [7, 11) is -2.51. The Bertz CT molecular complexity index is 644. The summed E-state index contributed by atoms with van der Waals surface area (Å²) in [6, 6.07) is 16.8. The van der Waals surface area contributed by atoms with Gasteiger partial charge in [0.15, 0.2) is 0 Å². The molecule has 2 rings (SSSR count). The van der Waals surface area contributed by atoms with E-state index >= 15 is 0 Å². The molecule has 0 aromatic heterocycles. The van der Waals surface area contributed by atoms with E-state index in [1.807, 2.05) is 0 Å². The normalized spacial score (nSPS) is 12.0. The lowest BCUT2D eigenvalue weighted by molar-refractivity contribution is 0.739. The van der Waals surface area contributed by atoms with Gasteiger partial charge in [-0.3, -0.25) is 0 Å². The number of hydrogen-bond donors (Lipinski definition) is 0. The topological polar surface area (TPSA) is 23.8 Å². The maximum atomic E-state index is 10.3. The third-order valence-corrected chi connectivity index (χ3v) is 9.71. The van der Waals surface area contributed by atoms with Crippen LogP contribution in [0.2, 0.25) is 5.04 Å². The van der Waals surface area contributed by atoms with E-state index in [0.29, 0.717) is 0 Å². The van der Waals surface area contributed by atoms with Crippen molar-refractivity contribution in [2.45, 2.75) is 39.7 Å². The average molecular weight is 293 g/mol. The molecule has 2 aromatic carbocycles. The van der Waals surface area contributed by atoms with E-state index in [-0.39, 0.29) is 5.04 Å². The van der Waals surface area contributed by atoms with Crippen molar-refractivity contribution in [1.29, 1.82) is 5.26 Å². The van der Waals surface area contributed by atoms with E-state index in [2.05, 4.69) is 88.8 Å². The number of nitrogens with zero attached hydrogens (tertiary/aromatic N) is 1. The molecule has 0 aliphatic carbocycles. The van der Waals surface area contributed by atoms with Crippen LogP contribution in [0, 0.1) is 24.8 Å². The fourth-order valence-electron chi connectivity index (χ4n) is 3.23. The minimum Gasteiger partial charge on any atom is -0.206 e. The van der Waals surface area contributed by atoms with Crippen molar-refractivity contribution < 1.29 is 0 Å². The molecule has 0 saturated carbocycles. The van der Waals surface area contributed by atoms with Crippen molar-refractivity contribution in [1.82, 2.24) is 0 Å². The van der Waals surface area contributed by atoms with Crippen molar-refractivity contribution in [3.8, 4) is 5.69 Å². The highest BCUT2D eigenvalue weighted by Gasteiger charge is 2.50. The number of aryl methyl sites for hydroxylation is 2. The van der Waals surface area contributed by atoms with Gasteiger partial charge in [-0.1, -0.05) is 80.4 Å². The van der Waals surface area contributed by atoms with E-state index in [0.717, 1.165) is 0 Å². The van der Waals surface area contributed by atoms with Gasteiger partial charge in [0.05, 0.1) is 0 Å². The van der Waals surface area contributed by atoms with Gasteiger partial charge in [-0.2, -0.15) is 0 Å². The lowest BCUT2D eigenvalue weighted by Crippen LogP contribution is -2.65. The third-order valence-electron chi connectivity index (χ3n) is 4.39. The fraction of sp³-hybridized carbons (Fsp3) is 0.316. The molecule has 0 aliphatic rings. The van der Waals surface area contributed by atoms with Crippen LogP contribution in [0.4, 0.5) is 0 Å². The zero-order valence-corrected chi connectivity index (χ0v) is 14.6. The van der Waals surface area contributed by atoms with Crippen LogP contribution in [0.5, 0.6) is 0 Å². The summed E-state index contributed by atoms with van der Waals surface area (Å²) in [6.45, 7) is 10.9. The zero-order chi connectivity index (χ0) is 15.7. The van der Waals surface area contributed by atoms with E-state index in [9.17, 15) is 5.26 Å². The van der Waals surface area contributed by atoms with Crippen LogP contribution < -0.4 is 10.4 Å². The van der Waals surface area contributed by atoms with E-state index in [1.165, 1.54) is 21.5 Å². The summed E-state index contributed by atoms with van der Waals surface area (Å²) in [4.78, 5) is 0. The Morgan fingerprint density at radius 1 is 0.810 bits per heavy atom. The Morgan fingerprint density at radius 3 is 1.48 bits per heavy atom. The zero-order valence-electron chi connectivity index (χ0n) is 13.6. The molecule has 0 N–H and O–H groups in total. The predicted molar refractivity (Wildman–Crippen MR) is 92.7 cm³/mol. The fourth-order valence-corrected chi connectivity index (χ4v) is 7.75. The van der Waals surface area contributed by atoms with Crippen LogP contribution in [0.3, 0.4) is 0 Å². The molecule has 0 unspecified atom stereocenters. The van der Waals surface area contributed by atoms with Gasteiger partial charge in [0.25, 0.3) is 0 Å². The molecule has 108 valence electrons. The highest BCUT2D eigenvalue weighted by molar-refractivity contribution is 7.10. The molecule has 0 amide bonds. The van der Waals surface area contributed by atoms with Gasteiger partial charge < -0.3 is 0 Å². The molecule has 2 aromatic rings. The molecule has 1 nitrogen and oxygen atoms in total. The second kappa shape index (κ2) is 5.50. The molecule has 0 spiro atoms. The Hall–Kier alpha value is -1.85. The standard InChI is InChI=1S/C19H23NSi/c1-15-10-6-8-12-17(15)21(14-20,19(3,4)5)18-13-9-7-11-16(18)2/h6-13H,1-5H3. The van der Waals surface area contributed by atoms with Crippen LogP contribution in [0.25, 0.3) is 0 Å². The smallest absolute Gasteiger partial charge is 0.206 e. The summed E-state index contributed by atoms with van der Waals surface area (Å²) in [5, 5.41) is 12.7. The summed E-state index contributed by atoms with van der Waals surface area (Å²) in [5.41, 5.74) is 5.26. The Labute approximate surface area is 129 Å². The van der Waals surface area contributed by atoms with E-state index < -0.39 is 8.07 Å². The number of benzene rings is 2. The quantitative estimate of drug-likeness (QED) is 0.774. The molecule has 0 heterocycles. The van der Waals surface area contributed by atoms with Crippen LogP contribution in [0.1, 0.15) is 31.9 Å². The summed E-state index contributed by atoms with van der Waals surface area (Å²) < 4.78 is 0. The molecule has 0 bridgehead atoms. The second-order valence-electron chi connectivity index (χ2n) is 6.74. The van der Waals surface area contributed by atoms with Gasteiger partial charge in [0.1, 0.15) is 0 Å². The first-order valence-corrected chi connectivity index (χ1v) is 9.38. The first-order valence-electron chi connectivity index (χ1n) is 7.38. The van der Waals surface area contributed by atoms with Gasteiger partial charge in [0, 0.05) is 5.69 Å². The summed E-state index contributed by atoms with van der Waals surface area (Å²) in [6.07, 6.45) is 0. The van der Waals surface area contributed by atoms with Crippen molar-refractivity contribution in [3.05, 3.63) is 59.7 Å². The third kappa shape index (κ3) is 2.43. The SMILES string of the molecule is Cc1ccccc1[Si](C#N)(c1ccccc1C)C(C)(C)C. The van der Waals surface area contributed by atoms with Crippen LogP contribution in [0.15, 0.2) is 48.5 Å². The molecular formula is C19H23NSi. The minimum atomic E-state index is -2.51. The molecule has 0 radical (unpaired) electrons. The number of rotatable bonds is 2. The van der Waals surface area contributed by atoms with Gasteiger partial charge in [-0.25, -0.2) is 5.26 Å². The first-order chi connectivity index (χ1) is 9.84. The van der Waals surface area contributed by atoms with Gasteiger partial charge in [0.2, 0.25) is 8.07 Å². The Balaban J connectivity index is 2.89. The molecule has 21 heavy (non-hydrogen) atoms. The van der Waals surface area contributed by atoms with Crippen molar-refractivity contribution >= 4 is 18.4 Å². The highest BCUT2D eigenvalue weighted by atomic mass is 28.3. The lowest BCUT2D eigenvalue weighted by Gasteiger charge is -2.39. The number of nitriles is 1. The summed E-state index contributed by atoms with van der Waals surface area (Å²) >= 11 is 0. The van der Waals surface area contributed by atoms with Gasteiger partial charge >= 0.3 is 0 Å². The number of hydrogen-bond acceptors (Lipinski definition) is 1. The van der Waals surface area contributed by atoms with E-state index in [4.69, 9.17) is 0 Å². The van der Waals surface area contributed by atoms with Gasteiger partial charge in [-0.15, -0.1) is 0 Å². The van der Waals surface area contributed by atoms with Gasteiger partial charge in [-0.05, 0) is 29.3 Å². The maximum absolute atomic E-state index is 10.3. The molecule has 0 aliphatic heterocycles. The van der Waals surface area contributed by atoms with Crippen molar-refractivity contribution in [3.63, 3.8) is 0 Å². The molecule has 0 fully saturated rings. The van der Waals surface area contributed by atoms with Crippen molar-refractivity contribution in [2.24, 2.45) is 0 Å². The van der Waals surface area contributed by atoms with Crippen molar-refractivity contribution in [2.75, 3.05) is 0 Å². The molecule has 0 atom stereocenters. The maximum Gasteiger partial charge on any atom is 0.240 e. The molecule has 2 heteroatoms. The van der Waals surface area contributed by atoms with Crippen LogP contribution in [-0.2, 0) is 0 Å². The monoisotopic (exact) mass is 293 g/mol. The largest absolute Gasteiger partial charge is 0.240 e. The Kier molecular flexibility index (Phi) is 4.07. The summed E-state index contributed by atoms with van der Waals surface area (Å²) in [5.74, 6) is 0. The highest BCUT2D eigenvalue weighted by Crippen LogP contribution is 2.36. The van der Waals surface area contributed by atoms with E-state index in [1.54, 1.807) is 0 Å². The second-order valence-corrected chi connectivity index (χ2v) is 11.0. The Morgan fingerprint density at radius 2 is 1.19 bits per heavy atom. The van der Waals surface area contributed by atoms with Crippen LogP contribution >= 0.6 is 0 Å². The molecular weight excluding hydrogens is 270 g/mol. The predicted octanol–water partition coefficient (Wildman–Crippen LogP) is 3.73. The molecule has 0 saturated heterocycles. The lowest BCUT2D eigenvalue weighted by atomic mass is 10.2. The first kappa shape index (κ1) is 15.5. The minimum absolute atomic E-state index is 0.0695. The van der Waals surface area contributed by atoms with Crippen LogP contribution in [-0.4, -0.2) is 8.07 Å². The average Bonchev–Trinajstić information content (AvgIpc) is 2.42.